The molecule has 16 heavy (non-hydrogen) atoms. The van der Waals surface area contributed by atoms with Crippen molar-refractivity contribution in [2.75, 3.05) is 0 Å². The van der Waals surface area contributed by atoms with Gasteiger partial charge in [0, 0.05) is 11.9 Å². The molecule has 0 fully saturated rings. The smallest absolute Gasteiger partial charge is 0.124 e. The van der Waals surface area contributed by atoms with Gasteiger partial charge in [-0.1, -0.05) is 6.07 Å². The Hall–Kier alpha value is -1.48. The van der Waals surface area contributed by atoms with Crippen LogP contribution < -0.4 is 0 Å². The average Bonchev–Trinajstić information content (AvgIpc) is 2.57. The first-order valence-electron chi connectivity index (χ1n) is 5.49. The molecule has 1 heterocycles. The molecule has 1 aromatic carbocycles. The molecule has 0 amide bonds. The molecule has 0 aliphatic heterocycles. The third kappa shape index (κ3) is 1.57. The minimum atomic E-state index is -0.901. The Labute approximate surface area is 94.9 Å². The van der Waals surface area contributed by atoms with Gasteiger partial charge >= 0.3 is 0 Å². The van der Waals surface area contributed by atoms with E-state index >= 15 is 0 Å². The number of fused-ring (bicyclic) bond motifs is 1. The summed E-state index contributed by atoms with van der Waals surface area (Å²) in [6, 6.07) is 7.29. The van der Waals surface area contributed by atoms with Crippen molar-refractivity contribution in [1.82, 2.24) is 4.57 Å². The van der Waals surface area contributed by atoms with E-state index in [1.165, 1.54) is 0 Å². The highest BCUT2D eigenvalue weighted by Crippen LogP contribution is 2.32. The topological polar surface area (TPSA) is 45.4 Å². The number of hydrogen-bond acceptors (Lipinski definition) is 2. The van der Waals surface area contributed by atoms with Crippen LogP contribution in [0.3, 0.4) is 0 Å². The van der Waals surface area contributed by atoms with E-state index in [2.05, 4.69) is 0 Å². The summed E-state index contributed by atoms with van der Waals surface area (Å²) in [5.41, 5.74) is 0.882. The highest BCUT2D eigenvalue weighted by molar-refractivity contribution is 5.87. The van der Waals surface area contributed by atoms with Crippen LogP contribution in [0.2, 0.25) is 0 Å². The summed E-state index contributed by atoms with van der Waals surface area (Å²) >= 11 is 0. The number of phenolic OH excluding ortho intramolecular Hbond substituents is 1. The average molecular weight is 219 g/mol. The van der Waals surface area contributed by atoms with Crippen LogP contribution in [0.5, 0.6) is 5.75 Å². The molecule has 0 bridgehead atoms. The van der Waals surface area contributed by atoms with E-state index in [0.29, 0.717) is 0 Å². The van der Waals surface area contributed by atoms with Crippen LogP contribution in [0.25, 0.3) is 10.9 Å². The second-order valence-corrected chi connectivity index (χ2v) is 4.54. The molecule has 0 radical (unpaired) electrons. The van der Waals surface area contributed by atoms with Gasteiger partial charge in [-0.15, -0.1) is 0 Å². The van der Waals surface area contributed by atoms with Crippen molar-refractivity contribution < 1.29 is 10.2 Å². The maximum atomic E-state index is 10.1. The zero-order chi connectivity index (χ0) is 11.9. The first kappa shape index (κ1) is 11.0. The van der Waals surface area contributed by atoms with E-state index in [0.717, 1.165) is 23.1 Å². The fourth-order valence-electron chi connectivity index (χ4n) is 2.12. The number of rotatable bonds is 2. The fourth-order valence-corrected chi connectivity index (χ4v) is 2.12. The molecular formula is C13H17NO2. The summed E-state index contributed by atoms with van der Waals surface area (Å²) in [6.45, 7) is 6.31. The molecule has 0 aliphatic rings. The zero-order valence-electron chi connectivity index (χ0n) is 9.86. The minimum absolute atomic E-state index is 0.259. The Bertz CT molecular complexity index is 520. The molecule has 3 heteroatoms. The van der Waals surface area contributed by atoms with Crippen LogP contribution in [-0.2, 0) is 12.1 Å². The number of benzene rings is 1. The second kappa shape index (κ2) is 3.52. The van der Waals surface area contributed by atoms with Gasteiger partial charge in [-0.2, -0.15) is 0 Å². The SMILES string of the molecule is CCn1c(C(C)(C)O)cc2c(O)cccc21. The fraction of sp³-hybridized carbons (Fsp3) is 0.385. The van der Waals surface area contributed by atoms with Gasteiger partial charge in [-0.3, -0.25) is 0 Å². The third-order valence-electron chi connectivity index (χ3n) is 2.87. The molecule has 0 spiro atoms. The van der Waals surface area contributed by atoms with Crippen molar-refractivity contribution in [3.05, 3.63) is 30.0 Å². The van der Waals surface area contributed by atoms with Crippen LogP contribution in [0, 0.1) is 0 Å². The quantitative estimate of drug-likeness (QED) is 0.815. The number of aromatic nitrogens is 1. The Balaban J connectivity index is 2.81. The van der Waals surface area contributed by atoms with E-state index in [1.807, 2.05) is 29.7 Å². The van der Waals surface area contributed by atoms with Crippen molar-refractivity contribution >= 4 is 10.9 Å². The van der Waals surface area contributed by atoms with Gasteiger partial charge < -0.3 is 14.8 Å². The highest BCUT2D eigenvalue weighted by Gasteiger charge is 2.22. The van der Waals surface area contributed by atoms with Crippen LogP contribution >= 0.6 is 0 Å². The molecular weight excluding hydrogens is 202 g/mol. The van der Waals surface area contributed by atoms with Gasteiger partial charge in [0.15, 0.2) is 0 Å². The molecule has 0 saturated heterocycles. The molecule has 1 aromatic heterocycles. The first-order valence-corrected chi connectivity index (χ1v) is 5.49. The predicted octanol–water partition coefficient (Wildman–Crippen LogP) is 2.59. The van der Waals surface area contributed by atoms with E-state index in [4.69, 9.17) is 0 Å². The van der Waals surface area contributed by atoms with E-state index in [9.17, 15) is 10.2 Å². The van der Waals surface area contributed by atoms with Crippen LogP contribution in [0.15, 0.2) is 24.3 Å². The van der Waals surface area contributed by atoms with Gasteiger partial charge in [-0.25, -0.2) is 0 Å². The maximum Gasteiger partial charge on any atom is 0.124 e. The number of nitrogens with zero attached hydrogens (tertiary/aromatic N) is 1. The monoisotopic (exact) mass is 219 g/mol. The Kier molecular flexibility index (Phi) is 2.43. The lowest BCUT2D eigenvalue weighted by Crippen LogP contribution is -2.20. The number of aliphatic hydroxyl groups is 1. The summed E-state index contributed by atoms with van der Waals surface area (Å²) in [5.74, 6) is 0.259. The summed E-state index contributed by atoms with van der Waals surface area (Å²) in [6.07, 6.45) is 0. The largest absolute Gasteiger partial charge is 0.507 e. The Morgan fingerprint density at radius 3 is 2.56 bits per heavy atom. The second-order valence-electron chi connectivity index (χ2n) is 4.54. The molecule has 0 atom stereocenters. The minimum Gasteiger partial charge on any atom is -0.507 e. The summed E-state index contributed by atoms with van der Waals surface area (Å²) in [5, 5.41) is 20.7. The molecule has 86 valence electrons. The summed E-state index contributed by atoms with van der Waals surface area (Å²) in [4.78, 5) is 0. The molecule has 2 aromatic rings. The molecule has 0 saturated carbocycles. The van der Waals surface area contributed by atoms with Crippen molar-refractivity contribution in [3.63, 3.8) is 0 Å². The number of hydrogen-bond donors (Lipinski definition) is 2. The summed E-state index contributed by atoms with van der Waals surface area (Å²) < 4.78 is 2.02. The predicted molar refractivity (Wildman–Crippen MR) is 64.5 cm³/mol. The molecule has 3 nitrogen and oxygen atoms in total. The lowest BCUT2D eigenvalue weighted by Gasteiger charge is -2.19. The third-order valence-corrected chi connectivity index (χ3v) is 2.87. The first-order chi connectivity index (χ1) is 7.45. The number of aryl methyl sites for hydroxylation is 1. The van der Waals surface area contributed by atoms with Crippen LogP contribution in [-0.4, -0.2) is 14.8 Å². The van der Waals surface area contributed by atoms with Crippen LogP contribution in [0.1, 0.15) is 26.5 Å². The lowest BCUT2D eigenvalue weighted by molar-refractivity contribution is 0.0704. The van der Waals surface area contributed by atoms with Gasteiger partial charge in [0.25, 0.3) is 0 Å². The number of phenols is 1. The van der Waals surface area contributed by atoms with Crippen molar-refractivity contribution in [3.8, 4) is 5.75 Å². The van der Waals surface area contributed by atoms with Gasteiger partial charge in [0.2, 0.25) is 0 Å². The molecule has 0 aliphatic carbocycles. The van der Waals surface area contributed by atoms with Crippen molar-refractivity contribution in [1.29, 1.82) is 0 Å². The van der Waals surface area contributed by atoms with Gasteiger partial charge in [-0.05, 0) is 39.0 Å². The van der Waals surface area contributed by atoms with Crippen molar-refractivity contribution in [2.45, 2.75) is 32.9 Å². The highest BCUT2D eigenvalue weighted by atomic mass is 16.3. The summed E-state index contributed by atoms with van der Waals surface area (Å²) in [7, 11) is 0. The lowest BCUT2D eigenvalue weighted by atomic mass is 10.1. The van der Waals surface area contributed by atoms with E-state index in [1.54, 1.807) is 19.9 Å². The Morgan fingerprint density at radius 1 is 1.31 bits per heavy atom. The van der Waals surface area contributed by atoms with E-state index < -0.39 is 5.60 Å². The molecule has 2 rings (SSSR count). The van der Waals surface area contributed by atoms with Crippen LogP contribution in [0.4, 0.5) is 0 Å². The van der Waals surface area contributed by atoms with E-state index in [-0.39, 0.29) is 5.75 Å². The zero-order valence-corrected chi connectivity index (χ0v) is 9.86. The number of aromatic hydroxyl groups is 1. The molecule has 0 unspecified atom stereocenters. The normalized spacial score (nSPS) is 12.2. The van der Waals surface area contributed by atoms with Gasteiger partial charge in [0.05, 0.1) is 16.8 Å². The standard InChI is InChI=1S/C13H17NO2/c1-4-14-10-6-5-7-11(15)9(10)8-12(14)13(2,3)16/h5-8,15-16H,4H2,1-3H3. The Morgan fingerprint density at radius 2 is 2.00 bits per heavy atom. The molecule has 2 N–H and O–H groups in total. The maximum absolute atomic E-state index is 10.1. The van der Waals surface area contributed by atoms with Crippen molar-refractivity contribution in [2.24, 2.45) is 0 Å². The van der Waals surface area contributed by atoms with Gasteiger partial charge in [0.1, 0.15) is 5.75 Å².